The molecule has 114 valence electrons. The van der Waals surface area contributed by atoms with E-state index < -0.39 is 5.60 Å². The van der Waals surface area contributed by atoms with Gasteiger partial charge in [0.25, 0.3) is 5.91 Å². The van der Waals surface area contributed by atoms with Crippen LogP contribution < -0.4 is 11.1 Å². The number of likely N-dealkylation sites (tertiary alicyclic amines) is 1. The van der Waals surface area contributed by atoms with Crippen molar-refractivity contribution in [3.8, 4) is 0 Å². The fraction of sp³-hybridized carbons (Fsp3) is 0.857. The molecule has 2 saturated heterocycles. The van der Waals surface area contributed by atoms with Crippen LogP contribution in [0.25, 0.3) is 0 Å². The van der Waals surface area contributed by atoms with Crippen molar-refractivity contribution in [3.63, 3.8) is 0 Å². The molecule has 3 N–H and O–H groups in total. The molecule has 0 aromatic rings. The van der Waals surface area contributed by atoms with Gasteiger partial charge in [-0.1, -0.05) is 0 Å². The van der Waals surface area contributed by atoms with Crippen LogP contribution in [0.4, 0.5) is 0 Å². The summed E-state index contributed by atoms with van der Waals surface area (Å²) in [6, 6.07) is 0.175. The zero-order valence-corrected chi connectivity index (χ0v) is 12.2. The minimum absolute atomic E-state index is 0.00514. The van der Waals surface area contributed by atoms with Crippen molar-refractivity contribution >= 4 is 11.8 Å². The third kappa shape index (κ3) is 3.93. The van der Waals surface area contributed by atoms with Crippen molar-refractivity contribution in [1.82, 2.24) is 10.2 Å². The number of piperidine rings is 1. The van der Waals surface area contributed by atoms with Gasteiger partial charge >= 0.3 is 0 Å². The standard InChI is InChI=1S/C14H25N3O3/c1-14(6-2-3-9-20-14)13(19)16-11-4-7-17(8-5-11)10-12(15)18/h11H,2-10H2,1H3,(H2,15,18)(H,16,19)/t14-/m0/s1. The lowest BCUT2D eigenvalue weighted by molar-refractivity contribution is -0.151. The summed E-state index contributed by atoms with van der Waals surface area (Å²) in [5, 5.41) is 3.10. The van der Waals surface area contributed by atoms with Crippen LogP contribution in [0.3, 0.4) is 0 Å². The highest BCUT2D eigenvalue weighted by molar-refractivity contribution is 5.85. The Morgan fingerprint density at radius 1 is 1.35 bits per heavy atom. The van der Waals surface area contributed by atoms with Crippen LogP contribution in [-0.4, -0.2) is 54.6 Å². The lowest BCUT2D eigenvalue weighted by atomic mass is 9.94. The maximum Gasteiger partial charge on any atom is 0.252 e. The summed E-state index contributed by atoms with van der Waals surface area (Å²) in [5.41, 5.74) is 4.52. The first-order valence-corrected chi connectivity index (χ1v) is 7.45. The summed E-state index contributed by atoms with van der Waals surface area (Å²) < 4.78 is 5.66. The van der Waals surface area contributed by atoms with E-state index in [1.54, 1.807) is 0 Å². The molecule has 0 saturated carbocycles. The fourth-order valence-corrected chi connectivity index (χ4v) is 2.91. The normalized spacial score (nSPS) is 29.1. The first-order chi connectivity index (χ1) is 9.49. The molecule has 0 radical (unpaired) electrons. The number of hydrogen-bond acceptors (Lipinski definition) is 4. The molecule has 0 bridgehead atoms. The smallest absolute Gasteiger partial charge is 0.252 e. The summed E-state index contributed by atoms with van der Waals surface area (Å²) in [4.78, 5) is 25.2. The lowest BCUT2D eigenvalue weighted by Gasteiger charge is -2.36. The number of primary amides is 1. The molecule has 0 aromatic heterocycles. The number of nitrogens with one attached hydrogen (secondary N) is 1. The van der Waals surface area contributed by atoms with Gasteiger partial charge in [0.05, 0.1) is 6.54 Å². The van der Waals surface area contributed by atoms with E-state index in [0.29, 0.717) is 13.2 Å². The van der Waals surface area contributed by atoms with Gasteiger partial charge in [-0.2, -0.15) is 0 Å². The maximum absolute atomic E-state index is 12.3. The summed E-state index contributed by atoms with van der Waals surface area (Å²) in [7, 11) is 0. The molecular weight excluding hydrogens is 258 g/mol. The van der Waals surface area contributed by atoms with E-state index in [-0.39, 0.29) is 17.9 Å². The van der Waals surface area contributed by atoms with Gasteiger partial charge in [0.2, 0.25) is 5.91 Å². The Bertz CT molecular complexity index is 359. The molecule has 0 spiro atoms. The Balaban J connectivity index is 1.77. The first-order valence-electron chi connectivity index (χ1n) is 7.45. The van der Waals surface area contributed by atoms with Gasteiger partial charge in [0, 0.05) is 25.7 Å². The van der Waals surface area contributed by atoms with Crippen LogP contribution >= 0.6 is 0 Å². The molecule has 2 amide bonds. The Morgan fingerprint density at radius 3 is 2.60 bits per heavy atom. The second kappa shape index (κ2) is 6.54. The molecule has 2 fully saturated rings. The Hall–Kier alpha value is -1.14. The van der Waals surface area contributed by atoms with Crippen LogP contribution in [0, 0.1) is 0 Å². The number of hydrogen-bond donors (Lipinski definition) is 2. The van der Waals surface area contributed by atoms with Gasteiger partial charge in [-0.05, 0) is 39.0 Å². The molecule has 0 unspecified atom stereocenters. The van der Waals surface area contributed by atoms with Gasteiger partial charge in [0.1, 0.15) is 5.60 Å². The Labute approximate surface area is 120 Å². The summed E-state index contributed by atoms with van der Waals surface area (Å²) >= 11 is 0. The van der Waals surface area contributed by atoms with E-state index >= 15 is 0 Å². The highest BCUT2D eigenvalue weighted by atomic mass is 16.5. The SMILES string of the molecule is C[C@@]1(C(=O)NC2CCN(CC(N)=O)CC2)CCCCO1. The average Bonchev–Trinajstić information content (AvgIpc) is 2.41. The highest BCUT2D eigenvalue weighted by Gasteiger charge is 2.37. The number of carbonyl (C=O) groups is 2. The number of rotatable bonds is 4. The molecule has 6 nitrogen and oxygen atoms in total. The van der Waals surface area contributed by atoms with E-state index in [2.05, 4.69) is 5.32 Å². The highest BCUT2D eigenvalue weighted by Crippen LogP contribution is 2.25. The van der Waals surface area contributed by atoms with E-state index in [4.69, 9.17) is 10.5 Å². The molecule has 2 rings (SSSR count). The quantitative estimate of drug-likeness (QED) is 0.761. The third-order valence-electron chi connectivity index (χ3n) is 4.25. The van der Waals surface area contributed by atoms with Gasteiger partial charge in [-0.3, -0.25) is 14.5 Å². The fourth-order valence-electron chi connectivity index (χ4n) is 2.91. The molecule has 2 heterocycles. The predicted molar refractivity (Wildman–Crippen MR) is 75.0 cm³/mol. The van der Waals surface area contributed by atoms with Crippen LogP contribution in [0.1, 0.15) is 39.0 Å². The van der Waals surface area contributed by atoms with E-state index in [1.807, 2.05) is 11.8 Å². The van der Waals surface area contributed by atoms with Crippen molar-refractivity contribution in [2.75, 3.05) is 26.2 Å². The van der Waals surface area contributed by atoms with Crippen LogP contribution in [-0.2, 0) is 14.3 Å². The average molecular weight is 283 g/mol. The van der Waals surface area contributed by atoms with Crippen molar-refractivity contribution in [2.24, 2.45) is 5.73 Å². The number of ether oxygens (including phenoxy) is 1. The van der Waals surface area contributed by atoms with Crippen molar-refractivity contribution in [1.29, 1.82) is 0 Å². The molecule has 2 aliphatic heterocycles. The molecular formula is C14H25N3O3. The van der Waals surface area contributed by atoms with Crippen LogP contribution in [0.2, 0.25) is 0 Å². The minimum atomic E-state index is -0.664. The monoisotopic (exact) mass is 283 g/mol. The molecule has 6 heteroatoms. The Morgan fingerprint density at radius 2 is 2.05 bits per heavy atom. The summed E-state index contributed by atoms with van der Waals surface area (Å²) in [6.07, 6.45) is 4.58. The zero-order valence-electron chi connectivity index (χ0n) is 12.2. The second-order valence-corrected chi connectivity index (χ2v) is 6.03. The van der Waals surface area contributed by atoms with Gasteiger partial charge in [-0.15, -0.1) is 0 Å². The maximum atomic E-state index is 12.3. The van der Waals surface area contributed by atoms with Crippen LogP contribution in [0.15, 0.2) is 0 Å². The topological polar surface area (TPSA) is 84.7 Å². The van der Waals surface area contributed by atoms with Gasteiger partial charge in [-0.25, -0.2) is 0 Å². The predicted octanol–water partition coefficient (Wildman–Crippen LogP) is 0.0115. The molecule has 20 heavy (non-hydrogen) atoms. The summed E-state index contributed by atoms with van der Waals surface area (Å²) in [6.45, 7) is 4.45. The molecule has 0 aliphatic carbocycles. The zero-order chi connectivity index (χ0) is 14.6. The van der Waals surface area contributed by atoms with Gasteiger partial charge < -0.3 is 15.8 Å². The minimum Gasteiger partial charge on any atom is -0.369 e. The van der Waals surface area contributed by atoms with Crippen molar-refractivity contribution in [3.05, 3.63) is 0 Å². The molecule has 1 atom stereocenters. The Kier molecular flexibility index (Phi) is 4.99. The number of carbonyl (C=O) groups excluding carboxylic acids is 2. The van der Waals surface area contributed by atoms with E-state index in [9.17, 15) is 9.59 Å². The summed E-state index contributed by atoms with van der Waals surface area (Å²) in [5.74, 6) is -0.291. The molecule has 2 aliphatic rings. The van der Waals surface area contributed by atoms with E-state index in [1.165, 1.54) is 0 Å². The first kappa shape index (κ1) is 15.3. The van der Waals surface area contributed by atoms with Gasteiger partial charge in [0.15, 0.2) is 0 Å². The van der Waals surface area contributed by atoms with Crippen molar-refractivity contribution < 1.29 is 14.3 Å². The van der Waals surface area contributed by atoms with Crippen LogP contribution in [0.5, 0.6) is 0 Å². The third-order valence-corrected chi connectivity index (χ3v) is 4.25. The van der Waals surface area contributed by atoms with E-state index in [0.717, 1.165) is 45.2 Å². The number of amides is 2. The lowest BCUT2D eigenvalue weighted by Crippen LogP contribution is -2.54. The van der Waals surface area contributed by atoms with Crippen molar-refractivity contribution in [2.45, 2.75) is 50.7 Å². The number of nitrogens with zero attached hydrogens (tertiary/aromatic N) is 1. The number of nitrogens with two attached hydrogens (primary N) is 1. The second-order valence-electron chi connectivity index (χ2n) is 6.03. The molecule has 0 aromatic carbocycles. The largest absolute Gasteiger partial charge is 0.369 e.